The van der Waals surface area contributed by atoms with Crippen LogP contribution in [0.4, 0.5) is 4.39 Å². The first-order valence-corrected chi connectivity index (χ1v) is 12.0. The van der Waals surface area contributed by atoms with Crippen molar-refractivity contribution in [2.45, 2.75) is 25.0 Å². The number of piperidine rings is 1. The zero-order chi connectivity index (χ0) is 20.9. The first kappa shape index (κ1) is 21.9. The molecule has 2 aromatic carbocycles. The Morgan fingerprint density at radius 3 is 2.24 bits per heavy atom. The number of nitrogens with zero attached hydrogens (tertiary/aromatic N) is 1. The first-order chi connectivity index (χ1) is 13.8. The van der Waals surface area contributed by atoms with Gasteiger partial charge in [0.2, 0.25) is 15.9 Å². The van der Waals surface area contributed by atoms with Gasteiger partial charge in [-0.25, -0.2) is 17.1 Å². The fourth-order valence-corrected chi connectivity index (χ4v) is 5.23. The minimum atomic E-state index is -3.40. The van der Waals surface area contributed by atoms with Crippen LogP contribution in [-0.2, 0) is 27.0 Å². The molecule has 0 spiro atoms. The number of rotatable bonds is 7. The number of hydrogen-bond donors (Lipinski definition) is 1. The number of carbonyl (C=O) groups is 1. The highest BCUT2D eigenvalue weighted by molar-refractivity contribution is 9.10. The molecule has 0 aromatic heterocycles. The van der Waals surface area contributed by atoms with Crippen molar-refractivity contribution < 1.29 is 17.6 Å². The van der Waals surface area contributed by atoms with Crippen LogP contribution in [0.3, 0.4) is 0 Å². The molecule has 1 amide bonds. The molecule has 1 N–H and O–H groups in total. The first-order valence-electron chi connectivity index (χ1n) is 9.58. The summed E-state index contributed by atoms with van der Waals surface area (Å²) in [6.07, 6.45) is 1.66. The van der Waals surface area contributed by atoms with Gasteiger partial charge in [0.05, 0.1) is 5.75 Å². The molecule has 2 aromatic rings. The number of carbonyl (C=O) groups excluding carboxylic acids is 1. The number of nitrogens with one attached hydrogen (secondary N) is 1. The Kier molecular flexibility index (Phi) is 7.43. The Morgan fingerprint density at radius 2 is 1.62 bits per heavy atom. The second-order valence-corrected chi connectivity index (χ2v) is 10.1. The van der Waals surface area contributed by atoms with E-state index >= 15 is 0 Å². The standard InChI is InChI=1S/C21H24BrFN2O3S/c22-19-5-1-17(2-6-19)15-29(27,28)25-13-10-18(11-14-25)21(26)24-12-9-16-3-7-20(23)8-4-16/h1-8,18H,9-15H2,(H,24,26). The van der Waals surface area contributed by atoms with E-state index in [0.717, 1.165) is 15.6 Å². The lowest BCUT2D eigenvalue weighted by Gasteiger charge is -2.30. The molecule has 0 radical (unpaired) electrons. The van der Waals surface area contributed by atoms with Crippen molar-refractivity contribution in [2.24, 2.45) is 5.92 Å². The normalized spacial score (nSPS) is 15.9. The highest BCUT2D eigenvalue weighted by Gasteiger charge is 2.31. The summed E-state index contributed by atoms with van der Waals surface area (Å²) < 4.78 is 40.6. The molecule has 0 bridgehead atoms. The molecule has 1 fully saturated rings. The highest BCUT2D eigenvalue weighted by atomic mass is 79.9. The van der Waals surface area contributed by atoms with E-state index in [2.05, 4.69) is 21.2 Å². The second-order valence-electron chi connectivity index (χ2n) is 7.22. The van der Waals surface area contributed by atoms with E-state index in [1.54, 1.807) is 24.3 Å². The average Bonchev–Trinajstić information content (AvgIpc) is 2.71. The van der Waals surface area contributed by atoms with Crippen LogP contribution >= 0.6 is 15.9 Å². The van der Waals surface area contributed by atoms with Crippen LogP contribution in [-0.4, -0.2) is 38.3 Å². The minimum absolute atomic E-state index is 0.0329. The van der Waals surface area contributed by atoms with E-state index in [4.69, 9.17) is 0 Å². The minimum Gasteiger partial charge on any atom is -0.356 e. The quantitative estimate of drug-likeness (QED) is 0.656. The van der Waals surface area contributed by atoms with Crippen molar-refractivity contribution >= 4 is 31.9 Å². The fraction of sp³-hybridized carbons (Fsp3) is 0.381. The maximum absolute atomic E-state index is 12.9. The van der Waals surface area contributed by atoms with Gasteiger partial charge < -0.3 is 5.32 Å². The van der Waals surface area contributed by atoms with Crippen LogP contribution in [0, 0.1) is 11.7 Å². The van der Waals surface area contributed by atoms with Crippen molar-refractivity contribution in [3.8, 4) is 0 Å². The van der Waals surface area contributed by atoms with Crippen LogP contribution in [0.1, 0.15) is 24.0 Å². The third kappa shape index (κ3) is 6.35. The molecular formula is C21H24BrFN2O3S. The van der Waals surface area contributed by atoms with Gasteiger partial charge in [-0.2, -0.15) is 0 Å². The largest absolute Gasteiger partial charge is 0.356 e. The van der Waals surface area contributed by atoms with Crippen molar-refractivity contribution in [1.29, 1.82) is 0 Å². The van der Waals surface area contributed by atoms with Gasteiger partial charge in [-0.15, -0.1) is 0 Å². The van der Waals surface area contributed by atoms with Gasteiger partial charge >= 0.3 is 0 Å². The van der Waals surface area contributed by atoms with E-state index in [0.29, 0.717) is 38.9 Å². The number of sulfonamides is 1. The molecule has 3 rings (SSSR count). The maximum atomic E-state index is 12.9. The predicted molar refractivity (Wildman–Crippen MR) is 114 cm³/mol. The van der Waals surface area contributed by atoms with Gasteiger partial charge in [0.15, 0.2) is 0 Å². The Balaban J connectivity index is 1.44. The lowest BCUT2D eigenvalue weighted by molar-refractivity contribution is -0.126. The summed E-state index contributed by atoms with van der Waals surface area (Å²) in [4.78, 5) is 12.4. The zero-order valence-electron chi connectivity index (χ0n) is 16.0. The third-order valence-corrected chi connectivity index (χ3v) is 7.49. The molecule has 5 nitrogen and oxygen atoms in total. The summed E-state index contributed by atoms with van der Waals surface area (Å²) in [6.45, 7) is 1.19. The monoisotopic (exact) mass is 482 g/mol. The fourth-order valence-electron chi connectivity index (χ4n) is 3.40. The van der Waals surface area contributed by atoms with Crippen LogP contribution in [0.15, 0.2) is 53.0 Å². The van der Waals surface area contributed by atoms with E-state index in [1.165, 1.54) is 16.4 Å². The predicted octanol–water partition coefficient (Wildman–Crippen LogP) is 3.49. The Morgan fingerprint density at radius 1 is 1.03 bits per heavy atom. The van der Waals surface area contributed by atoms with E-state index in [-0.39, 0.29) is 23.4 Å². The van der Waals surface area contributed by atoms with Gasteiger partial charge in [-0.1, -0.05) is 40.2 Å². The summed E-state index contributed by atoms with van der Waals surface area (Å²) in [5.74, 6) is -0.534. The number of amides is 1. The average molecular weight is 483 g/mol. The molecule has 8 heteroatoms. The van der Waals surface area contributed by atoms with Gasteiger partial charge in [0, 0.05) is 30.0 Å². The van der Waals surface area contributed by atoms with Crippen LogP contribution < -0.4 is 5.32 Å². The summed E-state index contributed by atoms with van der Waals surface area (Å²) in [6, 6.07) is 13.5. The molecule has 0 atom stereocenters. The SMILES string of the molecule is O=C(NCCc1ccc(F)cc1)C1CCN(S(=O)(=O)Cc2ccc(Br)cc2)CC1. The molecule has 1 aliphatic rings. The number of halogens is 2. The van der Waals surface area contributed by atoms with Gasteiger partial charge in [0.1, 0.15) is 5.82 Å². The van der Waals surface area contributed by atoms with E-state index < -0.39 is 10.0 Å². The van der Waals surface area contributed by atoms with Crippen LogP contribution in [0.25, 0.3) is 0 Å². The zero-order valence-corrected chi connectivity index (χ0v) is 18.4. The lowest BCUT2D eigenvalue weighted by atomic mass is 9.97. The van der Waals surface area contributed by atoms with Crippen molar-refractivity contribution in [1.82, 2.24) is 9.62 Å². The van der Waals surface area contributed by atoms with Crippen LogP contribution in [0.2, 0.25) is 0 Å². The van der Waals surface area contributed by atoms with Crippen molar-refractivity contribution in [3.63, 3.8) is 0 Å². The van der Waals surface area contributed by atoms with Gasteiger partial charge in [-0.3, -0.25) is 4.79 Å². The van der Waals surface area contributed by atoms with E-state index in [1.807, 2.05) is 12.1 Å². The van der Waals surface area contributed by atoms with Crippen LogP contribution in [0.5, 0.6) is 0 Å². The summed E-state index contributed by atoms with van der Waals surface area (Å²) in [5.41, 5.74) is 1.70. The Bertz CT molecular complexity index is 925. The topological polar surface area (TPSA) is 66.5 Å². The summed E-state index contributed by atoms with van der Waals surface area (Å²) in [5, 5.41) is 2.91. The molecule has 0 saturated carbocycles. The summed E-state index contributed by atoms with van der Waals surface area (Å²) in [7, 11) is -3.40. The second kappa shape index (κ2) is 9.82. The molecule has 156 valence electrons. The summed E-state index contributed by atoms with van der Waals surface area (Å²) >= 11 is 3.34. The van der Waals surface area contributed by atoms with Gasteiger partial charge in [-0.05, 0) is 54.7 Å². The smallest absolute Gasteiger partial charge is 0.223 e. The maximum Gasteiger partial charge on any atom is 0.223 e. The molecule has 1 aliphatic heterocycles. The van der Waals surface area contributed by atoms with Crippen molar-refractivity contribution in [3.05, 3.63) is 69.9 Å². The van der Waals surface area contributed by atoms with Crippen molar-refractivity contribution in [2.75, 3.05) is 19.6 Å². The molecule has 0 unspecified atom stereocenters. The Hall–Kier alpha value is -1.77. The highest BCUT2D eigenvalue weighted by Crippen LogP contribution is 2.22. The third-order valence-electron chi connectivity index (χ3n) is 5.11. The molecule has 0 aliphatic carbocycles. The number of benzene rings is 2. The lowest BCUT2D eigenvalue weighted by Crippen LogP contribution is -2.43. The van der Waals surface area contributed by atoms with Gasteiger partial charge in [0.25, 0.3) is 0 Å². The Labute approximate surface area is 179 Å². The molecular weight excluding hydrogens is 459 g/mol. The molecule has 29 heavy (non-hydrogen) atoms. The molecule has 1 saturated heterocycles. The van der Waals surface area contributed by atoms with E-state index in [9.17, 15) is 17.6 Å². The number of hydrogen-bond acceptors (Lipinski definition) is 3. The molecule has 1 heterocycles.